The average Bonchev–Trinajstić information content (AvgIpc) is 2.53. The first-order chi connectivity index (χ1) is 10.7. The molecule has 0 aliphatic rings. The molecule has 0 spiro atoms. The summed E-state index contributed by atoms with van der Waals surface area (Å²) in [7, 11) is 0. The standard InChI is InChI=1S/C18H20O4/c1-2-21-15-9-6-10-16(13-15)22-12-11-17(18(19)20)14-7-4-3-5-8-14/h3-10,13,17H,2,11-12H2,1H3,(H,19,20). The van der Waals surface area contributed by atoms with Gasteiger partial charge in [-0.3, -0.25) is 4.79 Å². The molecule has 116 valence electrons. The molecule has 0 fully saturated rings. The van der Waals surface area contributed by atoms with Gasteiger partial charge < -0.3 is 14.6 Å². The van der Waals surface area contributed by atoms with Crippen molar-refractivity contribution < 1.29 is 19.4 Å². The second-order valence-electron chi connectivity index (χ2n) is 4.85. The minimum absolute atomic E-state index is 0.335. The number of hydrogen-bond acceptors (Lipinski definition) is 3. The molecule has 4 nitrogen and oxygen atoms in total. The maximum atomic E-state index is 11.4. The maximum absolute atomic E-state index is 11.4. The molecule has 1 N–H and O–H groups in total. The lowest BCUT2D eigenvalue weighted by atomic mass is 9.96. The van der Waals surface area contributed by atoms with Crippen molar-refractivity contribution in [1.29, 1.82) is 0 Å². The van der Waals surface area contributed by atoms with Gasteiger partial charge >= 0.3 is 5.97 Å². The zero-order chi connectivity index (χ0) is 15.8. The summed E-state index contributed by atoms with van der Waals surface area (Å²) in [5.41, 5.74) is 0.793. The Morgan fingerprint density at radius 3 is 2.36 bits per heavy atom. The van der Waals surface area contributed by atoms with Crippen LogP contribution < -0.4 is 9.47 Å². The minimum Gasteiger partial charge on any atom is -0.494 e. The number of carboxylic acids is 1. The minimum atomic E-state index is -0.835. The smallest absolute Gasteiger partial charge is 0.311 e. The third kappa shape index (κ3) is 4.52. The monoisotopic (exact) mass is 300 g/mol. The van der Waals surface area contributed by atoms with Crippen molar-refractivity contribution >= 4 is 5.97 Å². The van der Waals surface area contributed by atoms with Gasteiger partial charge in [0.25, 0.3) is 0 Å². The Balaban J connectivity index is 1.93. The lowest BCUT2D eigenvalue weighted by Gasteiger charge is -2.14. The molecule has 22 heavy (non-hydrogen) atoms. The second-order valence-corrected chi connectivity index (χ2v) is 4.85. The molecule has 4 heteroatoms. The lowest BCUT2D eigenvalue weighted by Crippen LogP contribution is -2.15. The Morgan fingerprint density at radius 1 is 1.05 bits per heavy atom. The van der Waals surface area contributed by atoms with Crippen molar-refractivity contribution in [2.45, 2.75) is 19.3 Å². The molecule has 0 saturated carbocycles. The molecule has 0 aliphatic carbocycles. The fourth-order valence-electron chi connectivity index (χ4n) is 2.23. The third-order valence-electron chi connectivity index (χ3n) is 3.29. The highest BCUT2D eigenvalue weighted by Crippen LogP contribution is 2.22. The summed E-state index contributed by atoms with van der Waals surface area (Å²) in [6.07, 6.45) is 0.415. The van der Waals surface area contributed by atoms with Crippen LogP contribution in [0.5, 0.6) is 11.5 Å². The summed E-state index contributed by atoms with van der Waals surface area (Å²) < 4.78 is 11.1. The number of hydrogen-bond donors (Lipinski definition) is 1. The summed E-state index contributed by atoms with van der Waals surface area (Å²) in [6.45, 7) is 2.85. The average molecular weight is 300 g/mol. The lowest BCUT2D eigenvalue weighted by molar-refractivity contribution is -0.139. The van der Waals surface area contributed by atoms with E-state index in [1.54, 1.807) is 0 Å². The van der Waals surface area contributed by atoms with E-state index in [1.165, 1.54) is 0 Å². The molecular weight excluding hydrogens is 280 g/mol. The molecule has 2 aromatic rings. The van der Waals surface area contributed by atoms with Gasteiger partial charge in [-0.05, 0) is 31.0 Å². The van der Waals surface area contributed by atoms with Crippen LogP contribution in [0.3, 0.4) is 0 Å². The van der Waals surface area contributed by atoms with E-state index < -0.39 is 11.9 Å². The Labute approximate surface area is 130 Å². The van der Waals surface area contributed by atoms with Crippen LogP contribution >= 0.6 is 0 Å². The molecule has 0 bridgehead atoms. The molecule has 0 radical (unpaired) electrons. The van der Waals surface area contributed by atoms with Gasteiger partial charge in [-0.2, -0.15) is 0 Å². The third-order valence-corrected chi connectivity index (χ3v) is 3.29. The first-order valence-corrected chi connectivity index (χ1v) is 7.34. The number of rotatable bonds is 8. The van der Waals surface area contributed by atoms with Gasteiger partial charge in [-0.25, -0.2) is 0 Å². The molecule has 0 aliphatic heterocycles. The number of ether oxygens (including phenoxy) is 2. The number of benzene rings is 2. The molecule has 2 aromatic carbocycles. The van der Waals surface area contributed by atoms with Crippen LogP contribution in [0.1, 0.15) is 24.8 Å². The summed E-state index contributed by atoms with van der Waals surface area (Å²) in [6, 6.07) is 16.6. The van der Waals surface area contributed by atoms with Gasteiger partial charge in [0.1, 0.15) is 11.5 Å². The van der Waals surface area contributed by atoms with E-state index in [2.05, 4.69) is 0 Å². The Kier molecular flexibility index (Phi) is 5.83. The highest BCUT2D eigenvalue weighted by atomic mass is 16.5. The van der Waals surface area contributed by atoms with Crippen LogP contribution in [0.25, 0.3) is 0 Å². The van der Waals surface area contributed by atoms with Crippen molar-refractivity contribution in [2.75, 3.05) is 13.2 Å². The van der Waals surface area contributed by atoms with Gasteiger partial charge in [-0.1, -0.05) is 36.4 Å². The van der Waals surface area contributed by atoms with Crippen LogP contribution in [0, 0.1) is 0 Å². The van der Waals surface area contributed by atoms with E-state index in [0.29, 0.717) is 25.4 Å². The molecule has 2 rings (SSSR count). The fourth-order valence-corrected chi connectivity index (χ4v) is 2.23. The SMILES string of the molecule is CCOc1cccc(OCCC(C(=O)O)c2ccccc2)c1. The van der Waals surface area contributed by atoms with Crippen molar-refractivity contribution in [1.82, 2.24) is 0 Å². The largest absolute Gasteiger partial charge is 0.494 e. The van der Waals surface area contributed by atoms with Gasteiger partial charge in [-0.15, -0.1) is 0 Å². The Bertz CT molecular complexity index is 595. The zero-order valence-electron chi connectivity index (χ0n) is 12.6. The molecule has 0 saturated heterocycles. The maximum Gasteiger partial charge on any atom is 0.311 e. The van der Waals surface area contributed by atoms with Crippen molar-refractivity contribution in [3.05, 3.63) is 60.2 Å². The van der Waals surface area contributed by atoms with Crippen LogP contribution in [0.4, 0.5) is 0 Å². The fraction of sp³-hybridized carbons (Fsp3) is 0.278. The quantitative estimate of drug-likeness (QED) is 0.807. The van der Waals surface area contributed by atoms with Crippen molar-refractivity contribution in [3.63, 3.8) is 0 Å². The molecule has 0 heterocycles. The van der Waals surface area contributed by atoms with Crippen LogP contribution in [0.15, 0.2) is 54.6 Å². The van der Waals surface area contributed by atoms with E-state index in [9.17, 15) is 9.90 Å². The number of carbonyl (C=O) groups is 1. The summed E-state index contributed by atoms with van der Waals surface area (Å²) >= 11 is 0. The van der Waals surface area contributed by atoms with Crippen molar-refractivity contribution in [3.8, 4) is 11.5 Å². The van der Waals surface area contributed by atoms with Crippen LogP contribution in [0.2, 0.25) is 0 Å². The van der Waals surface area contributed by atoms with E-state index in [1.807, 2.05) is 61.5 Å². The summed E-state index contributed by atoms with van der Waals surface area (Å²) in [5, 5.41) is 9.36. The van der Waals surface area contributed by atoms with E-state index in [4.69, 9.17) is 9.47 Å². The van der Waals surface area contributed by atoms with E-state index >= 15 is 0 Å². The zero-order valence-corrected chi connectivity index (χ0v) is 12.6. The Morgan fingerprint density at radius 2 is 1.73 bits per heavy atom. The van der Waals surface area contributed by atoms with Crippen molar-refractivity contribution in [2.24, 2.45) is 0 Å². The van der Waals surface area contributed by atoms with Gasteiger partial charge in [0, 0.05) is 6.07 Å². The molecule has 1 atom stereocenters. The van der Waals surface area contributed by atoms with Gasteiger partial charge in [0.2, 0.25) is 0 Å². The number of carboxylic acid groups (broad SMARTS) is 1. The molecular formula is C18H20O4. The molecule has 0 amide bonds. The van der Waals surface area contributed by atoms with Gasteiger partial charge in [0.15, 0.2) is 0 Å². The first-order valence-electron chi connectivity index (χ1n) is 7.34. The topological polar surface area (TPSA) is 55.8 Å². The van der Waals surface area contributed by atoms with Crippen LogP contribution in [-0.4, -0.2) is 24.3 Å². The molecule has 0 aromatic heterocycles. The second kappa shape index (κ2) is 8.08. The van der Waals surface area contributed by atoms with Gasteiger partial charge in [0.05, 0.1) is 19.1 Å². The highest BCUT2D eigenvalue weighted by molar-refractivity contribution is 5.76. The van der Waals surface area contributed by atoms with E-state index in [-0.39, 0.29) is 0 Å². The number of aliphatic carboxylic acids is 1. The summed E-state index contributed by atoms with van der Waals surface area (Å²) in [4.78, 5) is 11.4. The highest BCUT2D eigenvalue weighted by Gasteiger charge is 2.19. The molecule has 1 unspecified atom stereocenters. The predicted octanol–water partition coefficient (Wildman–Crippen LogP) is 3.72. The van der Waals surface area contributed by atoms with Crippen LogP contribution in [-0.2, 0) is 4.79 Å². The summed E-state index contributed by atoms with van der Waals surface area (Å²) in [5.74, 6) is 0.0372. The Hall–Kier alpha value is -2.49. The normalized spacial score (nSPS) is 11.7. The van der Waals surface area contributed by atoms with E-state index in [0.717, 1.165) is 11.3 Å². The predicted molar refractivity (Wildman–Crippen MR) is 84.5 cm³/mol. The first kappa shape index (κ1) is 15.9.